The molecule has 0 aromatic heterocycles. The van der Waals surface area contributed by atoms with Crippen LogP contribution in [0.25, 0.3) is 0 Å². The summed E-state index contributed by atoms with van der Waals surface area (Å²) >= 11 is 0. The first-order valence-electron chi connectivity index (χ1n) is 4.74. The maximum Gasteiger partial charge on any atom is 0.248 e. The summed E-state index contributed by atoms with van der Waals surface area (Å²) in [6.45, 7) is 0.188. The molecule has 1 amide bonds. The van der Waals surface area contributed by atoms with Gasteiger partial charge < -0.3 is 15.2 Å². The van der Waals surface area contributed by atoms with E-state index in [1.165, 1.54) is 12.1 Å². The minimum absolute atomic E-state index is 0.0940. The van der Waals surface area contributed by atoms with Crippen molar-refractivity contribution in [1.29, 1.82) is 0 Å². The van der Waals surface area contributed by atoms with Crippen molar-refractivity contribution in [2.45, 2.75) is 0 Å². The number of nitrogens with two attached hydrogens (primary N) is 1. The fourth-order valence-corrected chi connectivity index (χ4v) is 1.13. The van der Waals surface area contributed by atoms with Gasteiger partial charge in [0, 0.05) is 11.6 Å². The van der Waals surface area contributed by atoms with Crippen LogP contribution in [0.4, 0.5) is 0 Å². The van der Waals surface area contributed by atoms with E-state index < -0.39 is 5.91 Å². The van der Waals surface area contributed by atoms with Crippen molar-refractivity contribution in [3.63, 3.8) is 0 Å². The van der Waals surface area contributed by atoms with Crippen LogP contribution in [0.15, 0.2) is 18.2 Å². The zero-order valence-corrected chi connectivity index (χ0v) is 9.10. The Morgan fingerprint density at radius 1 is 1.12 bits per heavy atom. The van der Waals surface area contributed by atoms with Gasteiger partial charge in [-0.1, -0.05) is 11.8 Å². The lowest BCUT2D eigenvalue weighted by Crippen LogP contribution is -2.11. The van der Waals surface area contributed by atoms with Crippen molar-refractivity contribution in [3.8, 4) is 36.2 Å². The van der Waals surface area contributed by atoms with Crippen molar-refractivity contribution < 1.29 is 14.3 Å². The normalized spacial score (nSPS) is 8.82. The molecule has 0 atom stereocenters. The average molecular weight is 229 g/mol. The fraction of sp³-hybridized carbons (Fsp3) is 0.154. The van der Waals surface area contributed by atoms with Gasteiger partial charge in [0.25, 0.3) is 0 Å². The Kier molecular flexibility index (Phi) is 4.47. The Balaban J connectivity index is 2.98. The molecule has 0 aliphatic rings. The van der Waals surface area contributed by atoms with Crippen molar-refractivity contribution in [3.05, 3.63) is 23.8 Å². The number of benzene rings is 1. The lowest BCUT2D eigenvalue weighted by Gasteiger charge is -2.08. The topological polar surface area (TPSA) is 61.6 Å². The monoisotopic (exact) mass is 229 g/mol. The van der Waals surface area contributed by atoms with E-state index in [0.29, 0.717) is 11.5 Å². The minimum Gasteiger partial charge on any atom is -0.481 e. The summed E-state index contributed by atoms with van der Waals surface area (Å²) in [5.41, 5.74) is 5.45. The van der Waals surface area contributed by atoms with Crippen LogP contribution in [-0.2, 0) is 0 Å². The highest BCUT2D eigenvalue weighted by Crippen LogP contribution is 2.22. The van der Waals surface area contributed by atoms with Gasteiger partial charge in [-0.05, 0) is 12.1 Å². The molecule has 0 saturated carbocycles. The van der Waals surface area contributed by atoms with Crippen molar-refractivity contribution in [2.75, 3.05) is 13.2 Å². The van der Waals surface area contributed by atoms with Gasteiger partial charge in [-0.2, -0.15) is 0 Å². The van der Waals surface area contributed by atoms with Crippen molar-refractivity contribution >= 4 is 5.91 Å². The van der Waals surface area contributed by atoms with Crippen molar-refractivity contribution in [2.24, 2.45) is 5.73 Å². The van der Waals surface area contributed by atoms with Crippen LogP contribution in [0, 0.1) is 24.7 Å². The number of hydrogen-bond donors (Lipinski definition) is 1. The quantitative estimate of drug-likeness (QED) is 0.760. The molecule has 1 rings (SSSR count). The molecule has 1 aromatic rings. The number of ether oxygens (including phenoxy) is 2. The zero-order valence-electron chi connectivity index (χ0n) is 9.10. The van der Waals surface area contributed by atoms with E-state index in [-0.39, 0.29) is 18.8 Å². The Labute approximate surface area is 99.7 Å². The summed E-state index contributed by atoms with van der Waals surface area (Å²) in [6, 6.07) is 4.56. The molecule has 4 heteroatoms. The molecule has 0 radical (unpaired) electrons. The second kappa shape index (κ2) is 6.09. The van der Waals surface area contributed by atoms with Crippen LogP contribution in [-0.4, -0.2) is 19.1 Å². The number of rotatable bonds is 5. The third kappa shape index (κ3) is 3.81. The molecule has 0 unspecified atom stereocenters. The van der Waals surface area contributed by atoms with Crippen LogP contribution in [0.3, 0.4) is 0 Å². The summed E-state index contributed by atoms with van der Waals surface area (Å²) in [7, 11) is 0. The molecule has 0 heterocycles. The van der Waals surface area contributed by atoms with Crippen LogP contribution in [0.1, 0.15) is 10.4 Å². The van der Waals surface area contributed by atoms with E-state index in [0.717, 1.165) is 0 Å². The molecule has 2 N–H and O–H groups in total. The van der Waals surface area contributed by atoms with Gasteiger partial charge in [-0.3, -0.25) is 4.79 Å². The largest absolute Gasteiger partial charge is 0.481 e. The number of amides is 1. The lowest BCUT2D eigenvalue weighted by atomic mass is 10.2. The molecular weight excluding hydrogens is 218 g/mol. The summed E-state index contributed by atoms with van der Waals surface area (Å²) in [5.74, 6) is 4.87. The Morgan fingerprint density at radius 3 is 1.94 bits per heavy atom. The lowest BCUT2D eigenvalue weighted by molar-refractivity contribution is 0.0999. The summed E-state index contributed by atoms with van der Waals surface area (Å²) in [5, 5.41) is 0. The van der Waals surface area contributed by atoms with Gasteiger partial charge in [-0.15, -0.1) is 12.8 Å². The number of hydrogen-bond acceptors (Lipinski definition) is 3. The SMILES string of the molecule is C#CCOc1cc(OCC#C)cc(C(N)=O)c1. The second-order valence-corrected chi connectivity index (χ2v) is 3.04. The van der Waals surface area contributed by atoms with E-state index in [4.69, 9.17) is 28.1 Å². The zero-order chi connectivity index (χ0) is 12.7. The highest BCUT2D eigenvalue weighted by atomic mass is 16.5. The number of carbonyl (C=O) groups excluding carboxylic acids is 1. The van der Waals surface area contributed by atoms with Gasteiger partial charge in [0.2, 0.25) is 5.91 Å². The predicted molar refractivity (Wildman–Crippen MR) is 63.6 cm³/mol. The third-order valence-corrected chi connectivity index (χ3v) is 1.81. The van der Waals surface area contributed by atoms with Crippen LogP contribution < -0.4 is 15.2 Å². The molecule has 17 heavy (non-hydrogen) atoms. The highest BCUT2D eigenvalue weighted by Gasteiger charge is 2.07. The first kappa shape index (κ1) is 12.5. The molecule has 0 bridgehead atoms. The molecular formula is C13H11NO3. The maximum atomic E-state index is 11.1. The average Bonchev–Trinajstić information content (AvgIpc) is 2.33. The second-order valence-electron chi connectivity index (χ2n) is 3.04. The van der Waals surface area contributed by atoms with E-state index >= 15 is 0 Å². The smallest absolute Gasteiger partial charge is 0.248 e. The first-order chi connectivity index (χ1) is 8.17. The van der Waals surface area contributed by atoms with E-state index in [1.54, 1.807) is 6.07 Å². The Morgan fingerprint density at radius 2 is 1.59 bits per heavy atom. The Hall–Kier alpha value is -2.59. The van der Waals surface area contributed by atoms with Gasteiger partial charge in [0.15, 0.2) is 0 Å². The molecule has 0 spiro atoms. The van der Waals surface area contributed by atoms with Gasteiger partial charge in [0.1, 0.15) is 24.7 Å². The van der Waals surface area contributed by atoms with Crippen LogP contribution >= 0.6 is 0 Å². The molecule has 4 nitrogen and oxygen atoms in total. The molecule has 0 aliphatic carbocycles. The fourth-order valence-electron chi connectivity index (χ4n) is 1.13. The van der Waals surface area contributed by atoms with Gasteiger partial charge in [0.05, 0.1) is 0 Å². The van der Waals surface area contributed by atoms with E-state index in [1.807, 2.05) is 0 Å². The predicted octanol–water partition coefficient (Wildman–Crippen LogP) is 0.810. The van der Waals surface area contributed by atoms with E-state index in [2.05, 4.69) is 11.8 Å². The maximum absolute atomic E-state index is 11.1. The standard InChI is InChI=1S/C13H11NO3/c1-3-5-16-11-7-10(13(14)15)8-12(9-11)17-6-4-2/h1-2,7-9H,5-6H2,(H2,14,15). The summed E-state index contributed by atoms with van der Waals surface area (Å²) < 4.78 is 10.4. The van der Waals surface area contributed by atoms with Crippen LogP contribution in [0.2, 0.25) is 0 Å². The number of terminal acetylenes is 2. The van der Waals surface area contributed by atoms with Crippen molar-refractivity contribution in [1.82, 2.24) is 0 Å². The summed E-state index contributed by atoms with van der Waals surface area (Å²) in [6.07, 6.45) is 10.1. The molecule has 0 fully saturated rings. The molecule has 0 aliphatic heterocycles. The highest BCUT2D eigenvalue weighted by molar-refractivity contribution is 5.93. The van der Waals surface area contributed by atoms with Crippen LogP contribution in [0.5, 0.6) is 11.5 Å². The molecule has 1 aromatic carbocycles. The van der Waals surface area contributed by atoms with E-state index in [9.17, 15) is 4.79 Å². The van der Waals surface area contributed by atoms with Gasteiger partial charge >= 0.3 is 0 Å². The molecule has 0 saturated heterocycles. The third-order valence-electron chi connectivity index (χ3n) is 1.81. The minimum atomic E-state index is -0.582. The first-order valence-corrected chi connectivity index (χ1v) is 4.74. The number of primary amides is 1. The Bertz CT molecular complexity index is 458. The molecule has 86 valence electrons. The summed E-state index contributed by atoms with van der Waals surface area (Å²) in [4.78, 5) is 11.1. The number of carbonyl (C=O) groups is 1. The van der Waals surface area contributed by atoms with Gasteiger partial charge in [-0.25, -0.2) is 0 Å².